The minimum absolute atomic E-state index is 0.200. The molecule has 0 amide bonds. The summed E-state index contributed by atoms with van der Waals surface area (Å²) in [4.78, 5) is 0. The molecule has 1 aromatic carbocycles. The van der Waals surface area contributed by atoms with Gasteiger partial charge >= 0.3 is 6.18 Å². The number of nitrogens with two attached hydrogens (primary N) is 1. The van der Waals surface area contributed by atoms with Crippen LogP contribution in [0.5, 0.6) is 5.75 Å². The van der Waals surface area contributed by atoms with E-state index < -0.39 is 11.7 Å². The van der Waals surface area contributed by atoms with Crippen LogP contribution < -0.4 is 10.5 Å². The fourth-order valence-electron chi connectivity index (χ4n) is 1.04. The fraction of sp³-hybridized carbons (Fsp3) is 0.250. The van der Waals surface area contributed by atoms with Gasteiger partial charge in [0.25, 0.3) is 0 Å². The predicted molar refractivity (Wildman–Crippen MR) is 50.1 cm³/mol. The van der Waals surface area contributed by atoms with Gasteiger partial charge in [0.05, 0.1) is 12.8 Å². The number of alkyl halides is 3. The molecular weight excluding hydrogens is 263 g/mol. The lowest BCUT2D eigenvalue weighted by Crippen LogP contribution is -2.11. The van der Waals surface area contributed by atoms with E-state index in [1.165, 1.54) is 12.1 Å². The minimum Gasteiger partial charge on any atom is -0.496 e. The zero-order chi connectivity index (χ0) is 10.9. The molecule has 0 radical (unpaired) electrons. The Morgan fingerprint density at radius 3 is 2.36 bits per heavy atom. The SMILES string of the molecule is COc1ccc(Br)c(N)c1C(F)(F)F. The van der Waals surface area contributed by atoms with Crippen LogP contribution in [0.1, 0.15) is 5.56 Å². The fourth-order valence-corrected chi connectivity index (χ4v) is 1.37. The van der Waals surface area contributed by atoms with E-state index in [-0.39, 0.29) is 15.9 Å². The highest BCUT2D eigenvalue weighted by molar-refractivity contribution is 9.10. The second-order valence-electron chi connectivity index (χ2n) is 2.54. The summed E-state index contributed by atoms with van der Waals surface area (Å²) in [6, 6.07) is 2.62. The molecule has 0 unspecified atom stereocenters. The molecule has 78 valence electrons. The topological polar surface area (TPSA) is 35.2 Å². The van der Waals surface area contributed by atoms with Crippen LogP contribution in [-0.2, 0) is 6.18 Å². The summed E-state index contributed by atoms with van der Waals surface area (Å²) < 4.78 is 42.3. The van der Waals surface area contributed by atoms with E-state index >= 15 is 0 Å². The number of nitrogen functional groups attached to an aromatic ring is 1. The maximum Gasteiger partial charge on any atom is 0.421 e. The molecule has 0 saturated heterocycles. The Morgan fingerprint density at radius 1 is 1.36 bits per heavy atom. The molecule has 2 nitrogen and oxygen atoms in total. The first-order chi connectivity index (χ1) is 6.38. The molecule has 2 N–H and O–H groups in total. The van der Waals surface area contributed by atoms with Crippen molar-refractivity contribution in [2.75, 3.05) is 12.8 Å². The summed E-state index contributed by atoms with van der Waals surface area (Å²) in [6.07, 6.45) is -4.51. The molecular formula is C8H7BrF3NO. The number of halogens is 4. The zero-order valence-corrected chi connectivity index (χ0v) is 8.74. The monoisotopic (exact) mass is 269 g/mol. The van der Waals surface area contributed by atoms with Crippen LogP contribution in [0.4, 0.5) is 18.9 Å². The van der Waals surface area contributed by atoms with Gasteiger partial charge < -0.3 is 10.5 Å². The van der Waals surface area contributed by atoms with Gasteiger partial charge in [0, 0.05) is 4.47 Å². The smallest absolute Gasteiger partial charge is 0.421 e. The van der Waals surface area contributed by atoms with Gasteiger partial charge in [-0.05, 0) is 28.1 Å². The van der Waals surface area contributed by atoms with E-state index in [1.807, 2.05) is 0 Å². The molecule has 0 spiro atoms. The lowest BCUT2D eigenvalue weighted by Gasteiger charge is -2.14. The first-order valence-corrected chi connectivity index (χ1v) is 4.36. The third-order valence-corrected chi connectivity index (χ3v) is 2.35. The Morgan fingerprint density at radius 2 is 1.93 bits per heavy atom. The van der Waals surface area contributed by atoms with Gasteiger partial charge in [-0.15, -0.1) is 0 Å². The average molecular weight is 270 g/mol. The number of ether oxygens (including phenoxy) is 1. The molecule has 1 rings (SSSR count). The van der Waals surface area contributed by atoms with Gasteiger partial charge in [0.1, 0.15) is 11.3 Å². The van der Waals surface area contributed by atoms with Crippen molar-refractivity contribution in [3.8, 4) is 5.75 Å². The minimum atomic E-state index is -4.51. The molecule has 0 aliphatic heterocycles. The van der Waals surface area contributed by atoms with Crippen molar-refractivity contribution in [1.82, 2.24) is 0 Å². The van der Waals surface area contributed by atoms with E-state index in [0.29, 0.717) is 0 Å². The Kier molecular flexibility index (Phi) is 2.94. The van der Waals surface area contributed by atoms with Crippen LogP contribution in [-0.4, -0.2) is 7.11 Å². The van der Waals surface area contributed by atoms with E-state index in [1.54, 1.807) is 0 Å². The number of hydrogen-bond donors (Lipinski definition) is 1. The Hall–Kier alpha value is -0.910. The van der Waals surface area contributed by atoms with Crippen molar-refractivity contribution >= 4 is 21.6 Å². The van der Waals surface area contributed by atoms with Crippen LogP contribution in [0, 0.1) is 0 Å². The Bertz CT molecular complexity index is 351. The van der Waals surface area contributed by atoms with Crippen molar-refractivity contribution in [1.29, 1.82) is 0 Å². The number of anilines is 1. The number of hydrogen-bond acceptors (Lipinski definition) is 2. The molecule has 0 heterocycles. The average Bonchev–Trinajstić information content (AvgIpc) is 2.07. The first-order valence-electron chi connectivity index (χ1n) is 3.57. The van der Waals surface area contributed by atoms with Crippen LogP contribution in [0.15, 0.2) is 16.6 Å². The first kappa shape index (κ1) is 11.2. The Balaban J connectivity index is 3.44. The van der Waals surface area contributed by atoms with E-state index in [4.69, 9.17) is 5.73 Å². The lowest BCUT2D eigenvalue weighted by atomic mass is 10.1. The van der Waals surface area contributed by atoms with Gasteiger partial charge in [-0.2, -0.15) is 13.2 Å². The highest BCUT2D eigenvalue weighted by Crippen LogP contribution is 2.42. The van der Waals surface area contributed by atoms with Gasteiger partial charge in [0.2, 0.25) is 0 Å². The summed E-state index contributed by atoms with van der Waals surface area (Å²) in [5.74, 6) is -0.279. The third kappa shape index (κ3) is 1.95. The summed E-state index contributed by atoms with van der Waals surface area (Å²) in [6.45, 7) is 0. The molecule has 6 heteroatoms. The highest BCUT2D eigenvalue weighted by Gasteiger charge is 2.37. The summed E-state index contributed by atoms with van der Waals surface area (Å²) in [5, 5.41) is 0. The molecule has 1 aromatic rings. The zero-order valence-electron chi connectivity index (χ0n) is 7.15. The van der Waals surface area contributed by atoms with Crippen molar-refractivity contribution in [3.63, 3.8) is 0 Å². The normalized spacial score (nSPS) is 11.5. The van der Waals surface area contributed by atoms with E-state index in [9.17, 15) is 13.2 Å². The molecule has 0 fully saturated rings. The largest absolute Gasteiger partial charge is 0.496 e. The van der Waals surface area contributed by atoms with Crippen LogP contribution in [0.3, 0.4) is 0 Å². The van der Waals surface area contributed by atoms with Crippen molar-refractivity contribution in [2.24, 2.45) is 0 Å². The maximum atomic E-state index is 12.5. The van der Waals surface area contributed by atoms with E-state index in [2.05, 4.69) is 20.7 Å². The second-order valence-corrected chi connectivity index (χ2v) is 3.39. The molecule has 0 aromatic heterocycles. The number of rotatable bonds is 1. The van der Waals surface area contributed by atoms with Gasteiger partial charge in [0.15, 0.2) is 0 Å². The highest BCUT2D eigenvalue weighted by atomic mass is 79.9. The van der Waals surface area contributed by atoms with Crippen molar-refractivity contribution < 1.29 is 17.9 Å². The van der Waals surface area contributed by atoms with Gasteiger partial charge in [-0.3, -0.25) is 0 Å². The van der Waals surface area contributed by atoms with Gasteiger partial charge in [-0.25, -0.2) is 0 Å². The molecule has 0 saturated carbocycles. The van der Waals surface area contributed by atoms with Crippen LogP contribution in [0.25, 0.3) is 0 Å². The Labute approximate surface area is 87.0 Å². The molecule has 0 aliphatic rings. The van der Waals surface area contributed by atoms with Gasteiger partial charge in [-0.1, -0.05) is 0 Å². The maximum absolute atomic E-state index is 12.5. The standard InChI is InChI=1S/C8H7BrF3NO/c1-14-5-3-2-4(9)7(13)6(5)8(10,11)12/h2-3H,13H2,1H3. The lowest BCUT2D eigenvalue weighted by molar-refractivity contribution is -0.138. The molecule has 14 heavy (non-hydrogen) atoms. The quantitative estimate of drug-likeness (QED) is 0.796. The number of benzene rings is 1. The van der Waals surface area contributed by atoms with Crippen LogP contribution in [0.2, 0.25) is 0 Å². The van der Waals surface area contributed by atoms with Crippen LogP contribution >= 0.6 is 15.9 Å². The molecule has 0 atom stereocenters. The van der Waals surface area contributed by atoms with Crippen molar-refractivity contribution in [2.45, 2.75) is 6.18 Å². The number of methoxy groups -OCH3 is 1. The summed E-state index contributed by atoms with van der Waals surface area (Å²) in [5.41, 5.74) is 3.98. The molecule has 0 bridgehead atoms. The third-order valence-electron chi connectivity index (χ3n) is 1.66. The second kappa shape index (κ2) is 3.68. The summed E-state index contributed by atoms with van der Waals surface area (Å²) >= 11 is 2.92. The van der Waals surface area contributed by atoms with E-state index in [0.717, 1.165) is 7.11 Å². The van der Waals surface area contributed by atoms with Crippen molar-refractivity contribution in [3.05, 3.63) is 22.2 Å². The molecule has 0 aliphatic carbocycles. The predicted octanol–water partition coefficient (Wildman–Crippen LogP) is 3.06. The summed E-state index contributed by atoms with van der Waals surface area (Å²) in [7, 11) is 1.16.